The molecule has 2 aliphatic rings. The molecule has 1 aliphatic heterocycles. The largest absolute Gasteiger partial charge is 0.490 e. The molecule has 5 heteroatoms. The number of allylic oxidation sites excluding steroid dienone is 1. The normalized spacial score (nSPS) is 17.9. The van der Waals surface area contributed by atoms with Gasteiger partial charge in [-0.1, -0.05) is 66.7 Å². The van der Waals surface area contributed by atoms with Gasteiger partial charge in [-0.3, -0.25) is 0 Å². The lowest BCUT2D eigenvalue weighted by Gasteiger charge is -2.29. The minimum absolute atomic E-state index is 0.114. The molecule has 3 aromatic rings. The summed E-state index contributed by atoms with van der Waals surface area (Å²) in [6.45, 7) is 6.34. The van der Waals surface area contributed by atoms with E-state index < -0.39 is 0 Å². The van der Waals surface area contributed by atoms with Crippen LogP contribution in [0.25, 0.3) is 17.2 Å². The predicted octanol–water partition coefficient (Wildman–Crippen LogP) is 6.77. The van der Waals surface area contributed by atoms with E-state index in [1.54, 1.807) is 0 Å². The van der Waals surface area contributed by atoms with Gasteiger partial charge in [0.2, 0.25) is 0 Å². The molecule has 0 aromatic heterocycles. The van der Waals surface area contributed by atoms with Gasteiger partial charge in [0.1, 0.15) is 12.7 Å². The highest BCUT2D eigenvalue weighted by Gasteiger charge is 2.29. The molecular formula is C32H37NO4. The fourth-order valence-electron chi connectivity index (χ4n) is 5.20. The number of rotatable bonds is 11. The van der Waals surface area contributed by atoms with Crippen LogP contribution in [0.1, 0.15) is 55.8 Å². The average molecular weight is 500 g/mol. The van der Waals surface area contributed by atoms with Crippen LogP contribution in [0.4, 0.5) is 0 Å². The maximum atomic E-state index is 6.46. The molecule has 1 heterocycles. The molecule has 5 nitrogen and oxygen atoms in total. The number of nitrogens with one attached hydrogen (secondary N) is 1. The van der Waals surface area contributed by atoms with Gasteiger partial charge in [-0.2, -0.15) is 0 Å². The third-order valence-corrected chi connectivity index (χ3v) is 6.92. The molecule has 1 aliphatic carbocycles. The Kier molecular flexibility index (Phi) is 8.57. The first-order valence-corrected chi connectivity index (χ1v) is 13.5. The van der Waals surface area contributed by atoms with E-state index in [2.05, 4.69) is 59.9 Å². The zero-order chi connectivity index (χ0) is 25.5. The van der Waals surface area contributed by atoms with Crippen LogP contribution in [-0.4, -0.2) is 38.8 Å². The summed E-state index contributed by atoms with van der Waals surface area (Å²) in [6, 6.07) is 23.4. The molecule has 37 heavy (non-hydrogen) atoms. The van der Waals surface area contributed by atoms with Crippen LogP contribution >= 0.6 is 0 Å². The summed E-state index contributed by atoms with van der Waals surface area (Å²) in [7, 11) is 0. The molecular weight excluding hydrogens is 462 g/mol. The second-order valence-electron chi connectivity index (χ2n) is 9.52. The lowest BCUT2D eigenvalue weighted by atomic mass is 10.1. The zero-order valence-corrected chi connectivity index (χ0v) is 21.8. The molecule has 1 N–H and O–H groups in total. The van der Waals surface area contributed by atoms with Crippen LogP contribution < -0.4 is 14.8 Å². The monoisotopic (exact) mass is 499 g/mol. The van der Waals surface area contributed by atoms with Crippen LogP contribution in [0.5, 0.6) is 11.5 Å². The highest BCUT2D eigenvalue weighted by molar-refractivity contribution is 5.78. The molecule has 5 rings (SSSR count). The summed E-state index contributed by atoms with van der Waals surface area (Å²) >= 11 is 0. The fraction of sp³-hybridized carbons (Fsp3) is 0.375. The fourth-order valence-corrected chi connectivity index (χ4v) is 5.20. The van der Waals surface area contributed by atoms with Gasteiger partial charge < -0.3 is 24.3 Å². The van der Waals surface area contributed by atoms with E-state index in [-0.39, 0.29) is 18.4 Å². The molecule has 3 aromatic carbocycles. The second-order valence-corrected chi connectivity index (χ2v) is 9.52. The van der Waals surface area contributed by atoms with Crippen molar-refractivity contribution in [2.24, 2.45) is 0 Å². The van der Waals surface area contributed by atoms with Crippen molar-refractivity contribution in [2.75, 3.05) is 26.4 Å². The number of fused-ring (bicyclic) bond motifs is 3. The van der Waals surface area contributed by atoms with Gasteiger partial charge in [0, 0.05) is 13.2 Å². The Hall–Kier alpha value is -3.12. The van der Waals surface area contributed by atoms with Gasteiger partial charge >= 0.3 is 0 Å². The molecule has 2 unspecified atom stereocenters. The molecule has 1 saturated heterocycles. The van der Waals surface area contributed by atoms with Gasteiger partial charge in [-0.25, -0.2) is 0 Å². The van der Waals surface area contributed by atoms with Gasteiger partial charge in [-0.15, -0.1) is 0 Å². The third-order valence-electron chi connectivity index (χ3n) is 6.92. The predicted molar refractivity (Wildman–Crippen MR) is 148 cm³/mol. The number of hydrogen-bond donors (Lipinski definition) is 1. The number of benzene rings is 3. The van der Waals surface area contributed by atoms with Crippen LogP contribution in [0, 0.1) is 0 Å². The molecule has 0 saturated carbocycles. The number of ether oxygens (including phenoxy) is 4. The summed E-state index contributed by atoms with van der Waals surface area (Å²) < 4.78 is 24.6. The summed E-state index contributed by atoms with van der Waals surface area (Å²) in [5.74, 6) is 1.47. The Bertz CT molecular complexity index is 1160. The SMILES string of the molecule is CC=Cc1ccc(OCC)c(OCC(CNC2c3ccccc3-c3ccccc32)OC2CCCCO2)c1. The van der Waals surface area contributed by atoms with Crippen LogP contribution in [0.2, 0.25) is 0 Å². The summed E-state index contributed by atoms with van der Waals surface area (Å²) in [5, 5.41) is 3.79. The Balaban J connectivity index is 1.33. The first kappa shape index (κ1) is 25.5. The Morgan fingerprint density at radius 1 is 0.946 bits per heavy atom. The van der Waals surface area contributed by atoms with Crippen molar-refractivity contribution in [3.8, 4) is 22.6 Å². The van der Waals surface area contributed by atoms with Crippen molar-refractivity contribution >= 4 is 6.08 Å². The topological polar surface area (TPSA) is 49.0 Å². The van der Waals surface area contributed by atoms with Gasteiger partial charge in [0.05, 0.1) is 12.6 Å². The van der Waals surface area contributed by atoms with E-state index in [1.807, 2.05) is 38.1 Å². The smallest absolute Gasteiger partial charge is 0.161 e. The Morgan fingerprint density at radius 3 is 2.38 bits per heavy atom. The highest BCUT2D eigenvalue weighted by Crippen LogP contribution is 2.43. The summed E-state index contributed by atoms with van der Waals surface area (Å²) in [4.78, 5) is 0. The van der Waals surface area contributed by atoms with Crippen LogP contribution in [0.15, 0.2) is 72.8 Å². The lowest BCUT2D eigenvalue weighted by Crippen LogP contribution is -2.39. The molecule has 194 valence electrons. The van der Waals surface area contributed by atoms with Crippen molar-refractivity contribution in [1.82, 2.24) is 5.32 Å². The molecule has 0 bridgehead atoms. The first-order valence-electron chi connectivity index (χ1n) is 13.5. The number of hydrogen-bond acceptors (Lipinski definition) is 5. The van der Waals surface area contributed by atoms with E-state index in [9.17, 15) is 0 Å². The summed E-state index contributed by atoms with van der Waals surface area (Å²) in [5.41, 5.74) is 6.26. The summed E-state index contributed by atoms with van der Waals surface area (Å²) in [6.07, 6.45) is 6.80. The average Bonchev–Trinajstić information content (AvgIpc) is 3.26. The zero-order valence-electron chi connectivity index (χ0n) is 21.8. The maximum Gasteiger partial charge on any atom is 0.161 e. The van der Waals surface area contributed by atoms with E-state index in [0.29, 0.717) is 19.8 Å². The van der Waals surface area contributed by atoms with Crippen molar-refractivity contribution in [1.29, 1.82) is 0 Å². The lowest BCUT2D eigenvalue weighted by molar-refractivity contribution is -0.192. The minimum atomic E-state index is -0.201. The Morgan fingerprint density at radius 2 is 1.70 bits per heavy atom. The third kappa shape index (κ3) is 6.07. The molecule has 0 spiro atoms. The molecule has 1 fully saturated rings. The molecule has 2 atom stereocenters. The van der Waals surface area contributed by atoms with E-state index in [1.165, 1.54) is 22.3 Å². The van der Waals surface area contributed by atoms with Crippen LogP contribution in [0.3, 0.4) is 0 Å². The van der Waals surface area contributed by atoms with Gasteiger partial charge in [0.15, 0.2) is 17.8 Å². The van der Waals surface area contributed by atoms with Crippen LogP contribution in [-0.2, 0) is 9.47 Å². The molecule has 0 radical (unpaired) electrons. The van der Waals surface area contributed by atoms with Crippen molar-refractivity contribution < 1.29 is 18.9 Å². The van der Waals surface area contributed by atoms with Crippen molar-refractivity contribution in [2.45, 2.75) is 51.5 Å². The van der Waals surface area contributed by atoms with E-state index in [4.69, 9.17) is 18.9 Å². The maximum absolute atomic E-state index is 6.46. The Labute approximate surface area is 220 Å². The quantitative estimate of drug-likeness (QED) is 0.316. The minimum Gasteiger partial charge on any atom is -0.490 e. The van der Waals surface area contributed by atoms with E-state index >= 15 is 0 Å². The second kappa shape index (κ2) is 12.4. The van der Waals surface area contributed by atoms with Crippen molar-refractivity contribution in [3.05, 3.63) is 89.5 Å². The van der Waals surface area contributed by atoms with E-state index in [0.717, 1.165) is 42.9 Å². The van der Waals surface area contributed by atoms with Crippen molar-refractivity contribution in [3.63, 3.8) is 0 Å². The van der Waals surface area contributed by atoms with Gasteiger partial charge in [0.25, 0.3) is 0 Å². The highest BCUT2D eigenvalue weighted by atomic mass is 16.7. The molecule has 0 amide bonds. The van der Waals surface area contributed by atoms with Gasteiger partial charge in [-0.05, 0) is 73.1 Å². The first-order chi connectivity index (χ1) is 18.3. The standard InChI is InChI=1S/C32H37NO4/c1-3-11-23-17-18-29(34-4-2)30(20-23)36-22-24(37-31-16-9-10-19-35-31)21-33-32-27-14-7-5-12-25(27)26-13-6-8-15-28(26)32/h3,5-8,11-15,17-18,20,24,31-33H,4,9-10,16,19,21-22H2,1-2H3.